The Labute approximate surface area is 371 Å². The Hall–Kier alpha value is -6.53. The molecule has 1 N–H and O–H groups in total. The average molecular weight is 861 g/mol. The van der Waals surface area contributed by atoms with E-state index in [2.05, 4.69) is 13.2 Å². The van der Waals surface area contributed by atoms with E-state index in [0.717, 1.165) is 53.7 Å². The second-order valence-corrected chi connectivity index (χ2v) is 15.4. The van der Waals surface area contributed by atoms with Crippen molar-refractivity contribution in [2.24, 2.45) is 0 Å². The Balaban J connectivity index is 0.938. The van der Waals surface area contributed by atoms with Crippen LogP contribution in [0.1, 0.15) is 90.9 Å². The van der Waals surface area contributed by atoms with E-state index in [0.29, 0.717) is 61.1 Å². The van der Waals surface area contributed by atoms with Crippen molar-refractivity contribution in [1.29, 1.82) is 0 Å². The number of rotatable bonds is 28. The molecule has 0 radical (unpaired) electrons. The molecule has 12 nitrogen and oxygen atoms in total. The fourth-order valence-electron chi connectivity index (χ4n) is 6.36. The van der Waals surface area contributed by atoms with Crippen LogP contribution in [0.15, 0.2) is 140 Å². The quantitative estimate of drug-likeness (QED) is 0.0174. The van der Waals surface area contributed by atoms with Gasteiger partial charge in [0.05, 0.1) is 6.61 Å². The van der Waals surface area contributed by atoms with Gasteiger partial charge in [0, 0.05) is 17.8 Å². The van der Waals surface area contributed by atoms with Crippen molar-refractivity contribution in [2.45, 2.75) is 90.9 Å². The van der Waals surface area contributed by atoms with Crippen LogP contribution in [0.5, 0.6) is 23.0 Å². The maximum Gasteiger partial charge on any atom is 0.514 e. The normalized spacial score (nSPS) is 10.8. The number of hydrogen-bond acceptors (Lipinski definition) is 9. The smallest absolute Gasteiger partial charge is 0.494 e. The Morgan fingerprint density at radius 2 is 0.778 bits per heavy atom. The third-order valence-electron chi connectivity index (χ3n) is 9.94. The topological polar surface area (TPSA) is 121 Å². The molecule has 0 aliphatic carbocycles. The molecule has 0 fully saturated rings. The van der Waals surface area contributed by atoms with Crippen LogP contribution in [-0.4, -0.2) is 43.5 Å². The summed E-state index contributed by atoms with van der Waals surface area (Å²) in [6.45, 7) is 12.3. The van der Waals surface area contributed by atoms with E-state index >= 15 is 0 Å². The molecule has 0 aliphatic rings. The van der Waals surface area contributed by atoms with Crippen LogP contribution in [0.3, 0.4) is 0 Å². The van der Waals surface area contributed by atoms with Gasteiger partial charge in [-0.05, 0) is 117 Å². The molecule has 5 aromatic rings. The minimum atomic E-state index is -0.454. The summed E-state index contributed by atoms with van der Waals surface area (Å²) in [7, 11) is 0. The number of ether oxygens (including phenoxy) is 3. The van der Waals surface area contributed by atoms with Gasteiger partial charge in [-0.2, -0.15) is 0 Å². The largest absolute Gasteiger partial charge is 0.514 e. The highest BCUT2D eigenvalue weighted by Crippen LogP contribution is 2.26. The van der Waals surface area contributed by atoms with Crippen LogP contribution in [0.25, 0.3) is 22.3 Å². The molecule has 5 rings (SSSR count). The van der Waals surface area contributed by atoms with Gasteiger partial charge >= 0.3 is 30.9 Å². The van der Waals surface area contributed by atoms with E-state index in [1.165, 1.54) is 48.0 Å². The van der Waals surface area contributed by atoms with E-state index < -0.39 is 11.9 Å². The third kappa shape index (κ3) is 17.0. The number of aromatic nitrogens is 3. The fraction of sp³-hybridized carbons (Fsp3) is 0.353. The van der Waals surface area contributed by atoms with Crippen molar-refractivity contribution in [1.82, 2.24) is 0 Å². The Bertz CT molecular complexity index is 2190. The summed E-state index contributed by atoms with van der Waals surface area (Å²) in [5.74, 6) is 1.55. The van der Waals surface area contributed by atoms with E-state index in [-0.39, 0.29) is 6.61 Å². The Morgan fingerprint density at radius 3 is 1.17 bits per heavy atom. The van der Waals surface area contributed by atoms with Crippen molar-refractivity contribution >= 4 is 11.9 Å². The van der Waals surface area contributed by atoms with Crippen LogP contribution >= 0.6 is 0 Å². The number of hydrogen-bond donors (Lipinski definition) is 1. The molecule has 0 spiro atoms. The zero-order valence-electron chi connectivity index (χ0n) is 36.8. The van der Waals surface area contributed by atoms with Crippen LogP contribution < -0.4 is 42.9 Å². The summed E-state index contributed by atoms with van der Waals surface area (Å²) in [6.07, 6.45) is 18.0. The monoisotopic (exact) mass is 860 g/mol. The number of esters is 2. The highest BCUT2D eigenvalue weighted by Gasteiger charge is 2.26. The standard InChI is InChI=1S/C51H62N3O9/c1-40(2)50(56)61-47-27-19-43(20-28-47)42-17-25-46(26-18-42)58-34-14-11-9-7-5-6-8-10-12-15-35-59-52-37-53(60-36-16-13-33-55)39-54(38-52)63-49-31-23-45(24-32-49)44-21-29-48(30-22-44)62-51(57)41(3)4/h17-32,37-39,55H,1,3,5-16,33-36H2,2,4H3/q+3. The Kier molecular flexibility index (Phi) is 19.7. The van der Waals surface area contributed by atoms with E-state index in [4.69, 9.17) is 33.8 Å². The predicted octanol–water partition coefficient (Wildman–Crippen LogP) is 8.30. The summed E-state index contributed by atoms with van der Waals surface area (Å²) in [5, 5.41) is 9.16. The molecule has 12 heteroatoms. The van der Waals surface area contributed by atoms with E-state index in [1.807, 2.05) is 72.8 Å². The fourth-order valence-corrected chi connectivity index (χ4v) is 6.36. The van der Waals surface area contributed by atoms with E-state index in [9.17, 15) is 9.59 Å². The van der Waals surface area contributed by atoms with Crippen LogP contribution in [0.4, 0.5) is 0 Å². The van der Waals surface area contributed by atoms with Gasteiger partial charge in [0.1, 0.15) is 31.4 Å². The summed E-state index contributed by atoms with van der Waals surface area (Å²) < 4.78 is 21.2. The van der Waals surface area contributed by atoms with Gasteiger partial charge in [-0.15, -0.1) is 0 Å². The molecule has 1 heterocycles. The molecular weight excluding hydrogens is 799 g/mol. The third-order valence-corrected chi connectivity index (χ3v) is 9.94. The first-order valence-corrected chi connectivity index (χ1v) is 21.9. The van der Waals surface area contributed by atoms with Gasteiger partial charge in [-0.25, -0.2) is 14.4 Å². The summed E-state index contributed by atoms with van der Waals surface area (Å²) in [4.78, 5) is 41.6. The highest BCUT2D eigenvalue weighted by atomic mass is 16.7. The number of aliphatic hydroxyl groups is 1. The molecule has 0 aliphatic heterocycles. The number of nitrogens with zero attached hydrogens (tertiary/aromatic N) is 3. The lowest BCUT2D eigenvalue weighted by Crippen LogP contribution is -2.64. The number of benzene rings is 4. The lowest BCUT2D eigenvalue weighted by atomic mass is 10.1. The summed E-state index contributed by atoms with van der Waals surface area (Å²) in [5.41, 5.74) is 4.75. The molecule has 0 unspecified atom stereocenters. The molecule has 0 saturated heterocycles. The molecule has 0 saturated carbocycles. The first-order chi connectivity index (χ1) is 30.7. The SMILES string of the molecule is C=C(C)C(=O)Oc1ccc(-c2ccc(OCCCCCCCCCCCCO[n+]3c[n+](OCCCCO)c[n+](Oc4ccc(-c5ccc(OC(=O)C(=C)C)cc5)cc4)c3)cc2)cc1. The highest BCUT2D eigenvalue weighted by molar-refractivity contribution is 5.89. The van der Waals surface area contributed by atoms with Gasteiger partial charge in [0.15, 0.2) is 13.2 Å². The lowest BCUT2D eigenvalue weighted by Gasteiger charge is -2.08. The van der Waals surface area contributed by atoms with Gasteiger partial charge < -0.3 is 19.3 Å². The van der Waals surface area contributed by atoms with Crippen molar-refractivity contribution in [3.8, 4) is 45.3 Å². The number of unbranched alkanes of at least 4 members (excludes halogenated alkanes) is 10. The van der Waals surface area contributed by atoms with Crippen LogP contribution in [0.2, 0.25) is 0 Å². The minimum absolute atomic E-state index is 0.116. The summed E-state index contributed by atoms with van der Waals surface area (Å²) in [6, 6.07) is 30.5. The average Bonchev–Trinajstić information content (AvgIpc) is 3.29. The van der Waals surface area contributed by atoms with Crippen molar-refractivity contribution < 1.29 is 57.6 Å². The molecule has 4 aromatic carbocycles. The van der Waals surface area contributed by atoms with Crippen molar-refractivity contribution in [3.63, 3.8) is 0 Å². The molecule has 0 amide bonds. The van der Waals surface area contributed by atoms with E-state index in [1.54, 1.807) is 61.8 Å². The number of aliphatic hydroxyl groups excluding tert-OH is 1. The second kappa shape index (κ2) is 26.1. The van der Waals surface area contributed by atoms with Gasteiger partial charge in [-0.1, -0.05) is 107 Å². The summed E-state index contributed by atoms with van der Waals surface area (Å²) >= 11 is 0. The lowest BCUT2D eigenvalue weighted by molar-refractivity contribution is -1.09. The zero-order chi connectivity index (χ0) is 44.7. The van der Waals surface area contributed by atoms with Crippen molar-refractivity contribution in [3.05, 3.63) is 140 Å². The maximum atomic E-state index is 11.8. The van der Waals surface area contributed by atoms with Crippen molar-refractivity contribution in [2.75, 3.05) is 26.4 Å². The first-order valence-electron chi connectivity index (χ1n) is 21.9. The number of carbonyl (C=O) groups is 2. The first kappa shape index (κ1) is 47.5. The van der Waals surface area contributed by atoms with Gasteiger partial charge in [-0.3, -0.25) is 9.68 Å². The molecule has 63 heavy (non-hydrogen) atoms. The molecular formula is C51H62N3O9+3. The van der Waals surface area contributed by atoms with Crippen LogP contribution in [0, 0.1) is 0 Å². The second-order valence-electron chi connectivity index (χ2n) is 15.4. The predicted molar refractivity (Wildman–Crippen MR) is 239 cm³/mol. The Morgan fingerprint density at radius 1 is 0.444 bits per heavy atom. The molecule has 332 valence electrons. The zero-order valence-corrected chi connectivity index (χ0v) is 36.8. The minimum Gasteiger partial charge on any atom is -0.494 e. The van der Waals surface area contributed by atoms with Gasteiger partial charge in [0.25, 0.3) is 0 Å². The van der Waals surface area contributed by atoms with Gasteiger partial charge in [0.2, 0.25) is 5.75 Å². The van der Waals surface area contributed by atoms with Crippen LogP contribution in [-0.2, 0) is 9.59 Å². The molecule has 1 aromatic heterocycles. The maximum absolute atomic E-state index is 11.8. The molecule has 0 bridgehead atoms. The molecule has 0 atom stereocenters. The number of carbonyl (C=O) groups excluding carboxylic acids is 2.